The molecule has 0 aliphatic heterocycles. The lowest BCUT2D eigenvalue weighted by Gasteiger charge is -2.02. The second-order valence-corrected chi connectivity index (χ2v) is 5.95. The molecule has 0 saturated heterocycles. The Balaban J connectivity index is 1.98. The van der Waals surface area contributed by atoms with Crippen LogP contribution in [-0.4, -0.2) is 10.9 Å². The van der Waals surface area contributed by atoms with E-state index in [4.69, 9.17) is 4.42 Å². The number of hydrogen-bond donors (Lipinski definition) is 1. The molecule has 112 valence electrons. The number of aryl methyl sites for hydroxylation is 2. The van der Waals surface area contributed by atoms with Crippen molar-refractivity contribution in [3.05, 3.63) is 56.8 Å². The lowest BCUT2D eigenvalue weighted by molar-refractivity contribution is 0.0993. The Morgan fingerprint density at radius 2 is 2.09 bits per heavy atom. The number of carbonyl (C=O) groups is 1. The molecule has 0 atom stereocenters. The number of rotatable bonds is 2. The van der Waals surface area contributed by atoms with E-state index in [0.717, 1.165) is 10.6 Å². The molecule has 1 aromatic carbocycles. The van der Waals surface area contributed by atoms with Crippen LogP contribution < -0.4 is 10.9 Å². The molecule has 0 bridgehead atoms. The van der Waals surface area contributed by atoms with Gasteiger partial charge >= 0.3 is 5.63 Å². The maximum Gasteiger partial charge on any atom is 0.344 e. The van der Waals surface area contributed by atoms with Crippen molar-refractivity contribution in [3.8, 4) is 0 Å². The Morgan fingerprint density at radius 3 is 2.77 bits per heavy atom. The van der Waals surface area contributed by atoms with E-state index in [1.807, 2.05) is 13.8 Å². The zero-order chi connectivity index (χ0) is 15.9. The van der Waals surface area contributed by atoms with Gasteiger partial charge in [0.2, 0.25) is 0 Å². The van der Waals surface area contributed by atoms with E-state index in [1.165, 1.54) is 35.6 Å². The first-order valence-corrected chi connectivity index (χ1v) is 7.24. The van der Waals surface area contributed by atoms with Crippen molar-refractivity contribution in [1.29, 1.82) is 0 Å². The zero-order valence-corrected chi connectivity index (χ0v) is 12.6. The molecule has 0 spiro atoms. The van der Waals surface area contributed by atoms with Gasteiger partial charge in [0.05, 0.1) is 11.1 Å². The number of hydrogen-bond acceptors (Lipinski definition) is 5. The third-order valence-electron chi connectivity index (χ3n) is 3.20. The number of carbonyl (C=O) groups excluding carboxylic acids is 1. The van der Waals surface area contributed by atoms with Crippen LogP contribution in [0.25, 0.3) is 10.8 Å². The predicted molar refractivity (Wildman–Crippen MR) is 82.0 cm³/mol. The molecule has 0 saturated carbocycles. The van der Waals surface area contributed by atoms with Gasteiger partial charge in [-0.3, -0.25) is 10.1 Å². The molecule has 2 heterocycles. The summed E-state index contributed by atoms with van der Waals surface area (Å²) >= 11 is 1.32. The summed E-state index contributed by atoms with van der Waals surface area (Å²) in [4.78, 5) is 29.2. The average molecular weight is 318 g/mol. The maximum absolute atomic E-state index is 13.3. The molecule has 3 rings (SSSR count). The number of fused-ring (bicyclic) bond motifs is 1. The smallest absolute Gasteiger partial charge is 0.344 e. The van der Waals surface area contributed by atoms with Crippen LogP contribution in [0, 0.1) is 19.7 Å². The molecular weight excluding hydrogens is 307 g/mol. The van der Waals surface area contributed by atoms with Gasteiger partial charge in [-0.1, -0.05) is 0 Å². The van der Waals surface area contributed by atoms with Gasteiger partial charge in [-0.05, 0) is 43.5 Å². The molecule has 0 unspecified atom stereocenters. The van der Waals surface area contributed by atoms with E-state index in [1.54, 1.807) is 0 Å². The summed E-state index contributed by atoms with van der Waals surface area (Å²) in [6.07, 6.45) is 0. The van der Waals surface area contributed by atoms with E-state index in [0.29, 0.717) is 10.5 Å². The van der Waals surface area contributed by atoms with Crippen molar-refractivity contribution >= 4 is 33.1 Å². The van der Waals surface area contributed by atoms with Gasteiger partial charge in [-0.2, -0.15) is 0 Å². The standard InChI is InChI=1S/C15H11FN2O3S/c1-7-8(2)22-15(17-7)18-13(19)12-6-9-5-10(16)3-4-11(9)14(20)21-12/h3-6H,1-2H3,(H,17,18,19). The molecule has 1 amide bonds. The first kappa shape index (κ1) is 14.4. The van der Waals surface area contributed by atoms with E-state index < -0.39 is 17.3 Å². The number of nitrogens with one attached hydrogen (secondary N) is 1. The lowest BCUT2D eigenvalue weighted by Crippen LogP contribution is -2.14. The molecule has 22 heavy (non-hydrogen) atoms. The fourth-order valence-corrected chi connectivity index (χ4v) is 2.77. The minimum absolute atomic E-state index is 0.186. The normalized spacial score (nSPS) is 10.9. The lowest BCUT2D eigenvalue weighted by atomic mass is 10.1. The highest BCUT2D eigenvalue weighted by atomic mass is 32.1. The molecule has 0 aliphatic rings. The van der Waals surface area contributed by atoms with Crippen LogP contribution in [0.15, 0.2) is 33.5 Å². The van der Waals surface area contributed by atoms with Crippen LogP contribution in [-0.2, 0) is 0 Å². The van der Waals surface area contributed by atoms with Gasteiger partial charge in [-0.25, -0.2) is 14.2 Å². The summed E-state index contributed by atoms with van der Waals surface area (Å²) in [7, 11) is 0. The number of amides is 1. The summed E-state index contributed by atoms with van der Waals surface area (Å²) in [6.45, 7) is 3.72. The van der Waals surface area contributed by atoms with E-state index in [9.17, 15) is 14.0 Å². The third-order valence-corrected chi connectivity index (χ3v) is 4.18. The summed E-state index contributed by atoms with van der Waals surface area (Å²) in [5, 5.41) is 3.52. The number of anilines is 1. The van der Waals surface area contributed by atoms with Crippen LogP contribution in [0.4, 0.5) is 9.52 Å². The maximum atomic E-state index is 13.3. The second-order valence-electron chi connectivity index (χ2n) is 4.74. The second kappa shape index (κ2) is 5.34. The van der Waals surface area contributed by atoms with Gasteiger partial charge in [0.1, 0.15) is 5.82 Å². The molecule has 1 N–H and O–H groups in total. The summed E-state index contributed by atoms with van der Waals surface area (Å²) < 4.78 is 18.2. The van der Waals surface area contributed by atoms with Gasteiger partial charge in [0.25, 0.3) is 5.91 Å². The summed E-state index contributed by atoms with van der Waals surface area (Å²) in [5.74, 6) is -1.28. The average Bonchev–Trinajstić information content (AvgIpc) is 2.76. The Kier molecular flexibility index (Phi) is 3.50. The molecule has 0 radical (unpaired) electrons. The van der Waals surface area contributed by atoms with Crippen molar-refractivity contribution in [2.75, 3.05) is 5.32 Å². The van der Waals surface area contributed by atoms with E-state index >= 15 is 0 Å². The highest BCUT2D eigenvalue weighted by Gasteiger charge is 2.15. The largest absolute Gasteiger partial charge is 0.417 e. The topological polar surface area (TPSA) is 72.2 Å². The van der Waals surface area contributed by atoms with Crippen molar-refractivity contribution in [2.45, 2.75) is 13.8 Å². The summed E-state index contributed by atoms with van der Waals surface area (Å²) in [5.41, 5.74) is 0.136. The van der Waals surface area contributed by atoms with Crippen LogP contribution in [0.2, 0.25) is 0 Å². The number of aromatic nitrogens is 1. The molecular formula is C15H11FN2O3S. The molecule has 0 fully saturated rings. The number of nitrogens with zero attached hydrogens (tertiary/aromatic N) is 1. The Bertz CT molecular complexity index is 926. The molecule has 5 nitrogen and oxygen atoms in total. The monoisotopic (exact) mass is 318 g/mol. The number of benzene rings is 1. The van der Waals surface area contributed by atoms with Crippen LogP contribution in [0.3, 0.4) is 0 Å². The first-order valence-electron chi connectivity index (χ1n) is 6.43. The summed E-state index contributed by atoms with van der Waals surface area (Å²) in [6, 6.07) is 5.01. The highest BCUT2D eigenvalue weighted by Crippen LogP contribution is 2.22. The van der Waals surface area contributed by atoms with Gasteiger partial charge in [0, 0.05) is 4.88 Å². The number of halogens is 1. The predicted octanol–water partition coefficient (Wildman–Crippen LogP) is 3.26. The molecule has 3 aromatic rings. The first-order chi connectivity index (χ1) is 10.4. The highest BCUT2D eigenvalue weighted by molar-refractivity contribution is 7.15. The fraction of sp³-hybridized carbons (Fsp3) is 0.133. The SMILES string of the molecule is Cc1nc(NC(=O)c2cc3cc(F)ccc3c(=O)o2)sc1C. The zero-order valence-electron chi connectivity index (χ0n) is 11.8. The van der Waals surface area contributed by atoms with Crippen molar-refractivity contribution in [3.63, 3.8) is 0 Å². The fourth-order valence-electron chi connectivity index (χ4n) is 1.96. The third kappa shape index (κ3) is 2.62. The minimum Gasteiger partial charge on any atom is -0.417 e. The molecule has 0 aliphatic carbocycles. The van der Waals surface area contributed by atoms with E-state index in [2.05, 4.69) is 10.3 Å². The van der Waals surface area contributed by atoms with Crippen molar-refractivity contribution < 1.29 is 13.6 Å². The van der Waals surface area contributed by atoms with E-state index in [-0.39, 0.29) is 11.1 Å². The Labute approximate surface area is 128 Å². The van der Waals surface area contributed by atoms with Crippen molar-refractivity contribution in [1.82, 2.24) is 4.98 Å². The Hall–Kier alpha value is -2.54. The minimum atomic E-state index is -0.686. The van der Waals surface area contributed by atoms with Gasteiger partial charge < -0.3 is 4.42 Å². The van der Waals surface area contributed by atoms with Crippen LogP contribution in [0.5, 0.6) is 0 Å². The molecule has 2 aromatic heterocycles. The van der Waals surface area contributed by atoms with Crippen LogP contribution >= 0.6 is 11.3 Å². The van der Waals surface area contributed by atoms with Crippen molar-refractivity contribution in [2.24, 2.45) is 0 Å². The molecule has 7 heteroatoms. The quantitative estimate of drug-likeness (QED) is 0.787. The van der Waals surface area contributed by atoms with Crippen LogP contribution in [0.1, 0.15) is 21.1 Å². The Morgan fingerprint density at radius 1 is 1.32 bits per heavy atom. The van der Waals surface area contributed by atoms with Gasteiger partial charge in [0.15, 0.2) is 10.9 Å². The van der Waals surface area contributed by atoms with Gasteiger partial charge in [-0.15, -0.1) is 11.3 Å². The number of thiazole rings is 1.